The standard InChI is InChI=1S/C23H24FNO2/c24-22-10-4-2-7-18(22)16-27-23-12-11-17-6-1-3-9-20(17)21(23)15-25-14-19-8-5-13-26-19/h1-4,6-7,9-12,19,25H,5,8,13-16H2. The molecule has 3 aromatic carbocycles. The third-order valence-corrected chi connectivity index (χ3v) is 5.04. The van der Waals surface area contributed by atoms with Gasteiger partial charge in [-0.15, -0.1) is 0 Å². The number of nitrogens with one attached hydrogen (secondary N) is 1. The van der Waals surface area contributed by atoms with Crippen LogP contribution in [0.4, 0.5) is 4.39 Å². The molecular weight excluding hydrogens is 341 g/mol. The zero-order chi connectivity index (χ0) is 18.5. The van der Waals surface area contributed by atoms with E-state index in [4.69, 9.17) is 9.47 Å². The van der Waals surface area contributed by atoms with Crippen LogP contribution < -0.4 is 10.1 Å². The summed E-state index contributed by atoms with van der Waals surface area (Å²) in [7, 11) is 0. The van der Waals surface area contributed by atoms with Crippen molar-refractivity contribution in [1.82, 2.24) is 5.32 Å². The fraction of sp³-hybridized carbons (Fsp3) is 0.304. The highest BCUT2D eigenvalue weighted by Crippen LogP contribution is 2.29. The summed E-state index contributed by atoms with van der Waals surface area (Å²) in [6.45, 7) is 2.59. The molecule has 0 saturated carbocycles. The molecule has 27 heavy (non-hydrogen) atoms. The molecule has 1 fully saturated rings. The van der Waals surface area contributed by atoms with Gasteiger partial charge in [-0.3, -0.25) is 0 Å². The third-order valence-electron chi connectivity index (χ3n) is 5.04. The van der Waals surface area contributed by atoms with Crippen LogP contribution in [0.25, 0.3) is 10.8 Å². The third kappa shape index (κ3) is 4.29. The van der Waals surface area contributed by atoms with Crippen molar-refractivity contribution < 1.29 is 13.9 Å². The molecule has 4 rings (SSSR count). The van der Waals surface area contributed by atoms with Gasteiger partial charge in [0.25, 0.3) is 0 Å². The highest BCUT2D eigenvalue weighted by Gasteiger charge is 2.16. The number of ether oxygens (including phenoxy) is 2. The van der Waals surface area contributed by atoms with Gasteiger partial charge in [-0.1, -0.05) is 48.5 Å². The van der Waals surface area contributed by atoms with E-state index >= 15 is 0 Å². The van der Waals surface area contributed by atoms with Gasteiger partial charge in [0.2, 0.25) is 0 Å². The van der Waals surface area contributed by atoms with E-state index in [-0.39, 0.29) is 12.4 Å². The van der Waals surface area contributed by atoms with E-state index in [2.05, 4.69) is 23.5 Å². The molecular formula is C23H24FNO2. The smallest absolute Gasteiger partial charge is 0.129 e. The molecule has 1 saturated heterocycles. The predicted octanol–water partition coefficient (Wildman–Crippen LogP) is 4.83. The van der Waals surface area contributed by atoms with Crippen molar-refractivity contribution in [2.75, 3.05) is 13.2 Å². The van der Waals surface area contributed by atoms with Crippen LogP contribution in [-0.2, 0) is 17.9 Å². The Morgan fingerprint density at radius 1 is 1.04 bits per heavy atom. The summed E-state index contributed by atoms with van der Waals surface area (Å²) in [5, 5.41) is 5.83. The highest BCUT2D eigenvalue weighted by molar-refractivity contribution is 5.87. The first kappa shape index (κ1) is 18.0. The van der Waals surface area contributed by atoms with Crippen molar-refractivity contribution in [3.63, 3.8) is 0 Å². The van der Waals surface area contributed by atoms with Gasteiger partial charge >= 0.3 is 0 Å². The molecule has 1 heterocycles. The van der Waals surface area contributed by atoms with E-state index in [0.29, 0.717) is 18.2 Å². The Morgan fingerprint density at radius 3 is 2.74 bits per heavy atom. The van der Waals surface area contributed by atoms with Crippen molar-refractivity contribution in [3.8, 4) is 5.75 Å². The van der Waals surface area contributed by atoms with Crippen molar-refractivity contribution >= 4 is 10.8 Å². The molecule has 1 unspecified atom stereocenters. The lowest BCUT2D eigenvalue weighted by atomic mass is 10.0. The molecule has 1 aliphatic heterocycles. The largest absolute Gasteiger partial charge is 0.488 e. The summed E-state index contributed by atoms with van der Waals surface area (Å²) in [5.74, 6) is 0.549. The van der Waals surface area contributed by atoms with Gasteiger partial charge in [-0.25, -0.2) is 4.39 Å². The van der Waals surface area contributed by atoms with Crippen LogP contribution in [0.5, 0.6) is 5.75 Å². The molecule has 0 radical (unpaired) electrons. The van der Waals surface area contributed by atoms with E-state index in [1.165, 1.54) is 11.5 Å². The Hall–Kier alpha value is -2.43. The Bertz CT molecular complexity index is 906. The predicted molar refractivity (Wildman–Crippen MR) is 105 cm³/mol. The molecule has 0 aliphatic carbocycles. The molecule has 4 heteroatoms. The molecule has 140 valence electrons. The Morgan fingerprint density at radius 2 is 1.89 bits per heavy atom. The second-order valence-corrected chi connectivity index (χ2v) is 6.91. The van der Waals surface area contributed by atoms with Crippen molar-refractivity contribution in [2.24, 2.45) is 0 Å². The zero-order valence-electron chi connectivity index (χ0n) is 15.3. The van der Waals surface area contributed by atoms with Gasteiger partial charge in [0.05, 0.1) is 6.10 Å². The molecule has 1 aliphatic rings. The van der Waals surface area contributed by atoms with Crippen LogP contribution in [0.2, 0.25) is 0 Å². The first-order valence-electron chi connectivity index (χ1n) is 9.50. The number of benzene rings is 3. The lowest BCUT2D eigenvalue weighted by Crippen LogP contribution is -2.26. The normalized spacial score (nSPS) is 16.7. The summed E-state index contributed by atoms with van der Waals surface area (Å²) >= 11 is 0. The van der Waals surface area contributed by atoms with Crippen LogP contribution in [0.1, 0.15) is 24.0 Å². The second kappa shape index (κ2) is 8.51. The van der Waals surface area contributed by atoms with Crippen LogP contribution >= 0.6 is 0 Å². The van der Waals surface area contributed by atoms with Crippen LogP contribution in [0.15, 0.2) is 60.7 Å². The summed E-state index contributed by atoms with van der Waals surface area (Å²) in [6.07, 6.45) is 2.54. The number of hydrogen-bond acceptors (Lipinski definition) is 3. The van der Waals surface area contributed by atoms with E-state index in [1.54, 1.807) is 12.1 Å². The lowest BCUT2D eigenvalue weighted by molar-refractivity contribution is 0.110. The summed E-state index contributed by atoms with van der Waals surface area (Å²) in [5.41, 5.74) is 1.66. The quantitative estimate of drug-likeness (QED) is 0.651. The minimum atomic E-state index is -0.239. The molecule has 0 amide bonds. The maximum absolute atomic E-state index is 13.9. The molecule has 1 N–H and O–H groups in total. The molecule has 1 atom stereocenters. The zero-order valence-corrected chi connectivity index (χ0v) is 15.3. The van der Waals surface area contributed by atoms with Gasteiger partial charge in [0.1, 0.15) is 18.2 Å². The van der Waals surface area contributed by atoms with Gasteiger partial charge in [-0.05, 0) is 35.7 Å². The Balaban J connectivity index is 1.54. The fourth-order valence-electron chi connectivity index (χ4n) is 3.57. The SMILES string of the molecule is Fc1ccccc1COc1ccc2ccccc2c1CNCC1CCCO1. The number of fused-ring (bicyclic) bond motifs is 1. The molecule has 0 aromatic heterocycles. The average molecular weight is 365 g/mol. The van der Waals surface area contributed by atoms with Crippen molar-refractivity contribution in [3.05, 3.63) is 77.6 Å². The van der Waals surface area contributed by atoms with Crippen LogP contribution in [0.3, 0.4) is 0 Å². The first-order chi connectivity index (χ1) is 13.3. The number of halogens is 1. The summed E-state index contributed by atoms with van der Waals surface area (Å²) < 4.78 is 25.6. The fourth-order valence-corrected chi connectivity index (χ4v) is 3.57. The summed E-state index contributed by atoms with van der Waals surface area (Å²) in [4.78, 5) is 0. The van der Waals surface area contributed by atoms with Gasteiger partial charge in [0, 0.05) is 30.8 Å². The van der Waals surface area contributed by atoms with Crippen molar-refractivity contribution in [2.45, 2.75) is 32.1 Å². The maximum atomic E-state index is 13.9. The van der Waals surface area contributed by atoms with Crippen LogP contribution in [-0.4, -0.2) is 19.3 Å². The van der Waals surface area contributed by atoms with E-state index in [9.17, 15) is 4.39 Å². The topological polar surface area (TPSA) is 30.5 Å². The van der Waals surface area contributed by atoms with Gasteiger partial charge in [0.15, 0.2) is 0 Å². The monoisotopic (exact) mass is 365 g/mol. The number of rotatable bonds is 7. The molecule has 0 bridgehead atoms. The minimum Gasteiger partial charge on any atom is -0.488 e. The molecule has 0 spiro atoms. The van der Waals surface area contributed by atoms with E-state index in [1.807, 2.05) is 24.3 Å². The van der Waals surface area contributed by atoms with Gasteiger partial charge < -0.3 is 14.8 Å². The number of hydrogen-bond donors (Lipinski definition) is 1. The first-order valence-corrected chi connectivity index (χ1v) is 9.50. The Labute approximate surface area is 159 Å². The van der Waals surface area contributed by atoms with E-state index in [0.717, 1.165) is 42.7 Å². The van der Waals surface area contributed by atoms with Crippen LogP contribution in [0, 0.1) is 5.82 Å². The highest BCUT2D eigenvalue weighted by atomic mass is 19.1. The Kier molecular flexibility index (Phi) is 5.66. The molecule has 3 nitrogen and oxygen atoms in total. The minimum absolute atomic E-state index is 0.212. The second-order valence-electron chi connectivity index (χ2n) is 6.91. The van der Waals surface area contributed by atoms with Crippen molar-refractivity contribution in [1.29, 1.82) is 0 Å². The maximum Gasteiger partial charge on any atom is 0.129 e. The van der Waals surface area contributed by atoms with E-state index < -0.39 is 0 Å². The lowest BCUT2D eigenvalue weighted by Gasteiger charge is -2.17. The molecule has 3 aromatic rings. The summed E-state index contributed by atoms with van der Waals surface area (Å²) in [6, 6.07) is 19.0. The van der Waals surface area contributed by atoms with Gasteiger partial charge in [-0.2, -0.15) is 0 Å². The average Bonchev–Trinajstić information content (AvgIpc) is 3.21.